The number of aromatic nitrogens is 2. The van der Waals surface area contributed by atoms with E-state index in [1.807, 2.05) is 0 Å². The van der Waals surface area contributed by atoms with E-state index in [4.69, 9.17) is 0 Å². The van der Waals surface area contributed by atoms with Crippen LogP contribution in [-0.2, 0) is 9.53 Å². The smallest absolute Gasteiger partial charge is 0.379 e. The minimum absolute atomic E-state index is 0.282. The molecule has 15 heavy (non-hydrogen) atoms. The summed E-state index contributed by atoms with van der Waals surface area (Å²) in [5.74, 6) is -1.54. The van der Waals surface area contributed by atoms with Gasteiger partial charge in [-0.05, 0) is 6.07 Å². The van der Waals surface area contributed by atoms with E-state index in [0.29, 0.717) is 5.39 Å². The van der Waals surface area contributed by atoms with Gasteiger partial charge in [-0.3, -0.25) is 9.78 Å². The quantitative estimate of drug-likeness (QED) is 0.448. The van der Waals surface area contributed by atoms with Crippen LogP contribution >= 0.6 is 0 Å². The van der Waals surface area contributed by atoms with Crippen LogP contribution in [0.3, 0.4) is 0 Å². The van der Waals surface area contributed by atoms with Crippen molar-refractivity contribution in [3.8, 4) is 0 Å². The number of ether oxygens (including phenoxy) is 1. The van der Waals surface area contributed by atoms with Crippen molar-refractivity contribution in [2.75, 3.05) is 7.11 Å². The molecule has 0 aliphatic heterocycles. The lowest BCUT2D eigenvalue weighted by atomic mass is 10.1. The molecule has 0 unspecified atom stereocenters. The molecule has 0 saturated carbocycles. The molecule has 5 heteroatoms. The number of H-pyrrole nitrogens is 1. The van der Waals surface area contributed by atoms with Crippen LogP contribution in [0.4, 0.5) is 0 Å². The number of aromatic amines is 1. The number of esters is 1. The number of carbonyl (C=O) groups excluding carboxylic acids is 2. The van der Waals surface area contributed by atoms with Crippen molar-refractivity contribution >= 4 is 22.7 Å². The Hall–Kier alpha value is -2.17. The number of pyridine rings is 1. The number of rotatable bonds is 2. The minimum atomic E-state index is -0.875. The Kier molecular flexibility index (Phi) is 2.21. The van der Waals surface area contributed by atoms with Gasteiger partial charge in [-0.15, -0.1) is 0 Å². The van der Waals surface area contributed by atoms with Gasteiger partial charge in [0.05, 0.1) is 12.7 Å². The first kappa shape index (κ1) is 9.39. The highest BCUT2D eigenvalue weighted by Gasteiger charge is 2.20. The summed E-state index contributed by atoms with van der Waals surface area (Å²) in [6.45, 7) is 0. The summed E-state index contributed by atoms with van der Waals surface area (Å²) in [6, 6.07) is 1.73. The molecule has 0 fully saturated rings. The fraction of sp³-hybridized carbons (Fsp3) is 0.100. The van der Waals surface area contributed by atoms with E-state index < -0.39 is 11.8 Å². The maximum Gasteiger partial charge on any atom is 0.379 e. The highest BCUT2D eigenvalue weighted by molar-refractivity contribution is 6.42. The van der Waals surface area contributed by atoms with Crippen molar-refractivity contribution in [3.05, 3.63) is 30.2 Å². The Balaban J connectivity index is 2.53. The van der Waals surface area contributed by atoms with Gasteiger partial charge in [0.2, 0.25) is 0 Å². The van der Waals surface area contributed by atoms with Gasteiger partial charge < -0.3 is 9.72 Å². The van der Waals surface area contributed by atoms with Crippen LogP contribution in [0.15, 0.2) is 24.7 Å². The minimum Gasteiger partial charge on any atom is -0.463 e. The van der Waals surface area contributed by atoms with Crippen molar-refractivity contribution in [3.63, 3.8) is 0 Å². The second-order valence-corrected chi connectivity index (χ2v) is 2.94. The molecule has 2 heterocycles. The summed E-state index contributed by atoms with van der Waals surface area (Å²) in [6.07, 6.45) is 4.61. The Bertz CT molecular complexity index is 530. The van der Waals surface area contributed by atoms with Crippen molar-refractivity contribution in [2.45, 2.75) is 0 Å². The average molecular weight is 204 g/mol. The molecule has 2 aromatic heterocycles. The fourth-order valence-electron chi connectivity index (χ4n) is 1.35. The highest BCUT2D eigenvalue weighted by Crippen LogP contribution is 2.17. The molecule has 0 aliphatic carbocycles. The molecule has 0 aromatic carbocycles. The lowest BCUT2D eigenvalue weighted by Gasteiger charge is -1.95. The SMILES string of the molecule is COC(=O)C(=O)c1c[nH]c2ccncc12. The standard InChI is InChI=1S/C10H8N2O3/c1-15-10(14)9(13)7-5-12-8-2-3-11-4-6(7)8/h2-5,12H,1H3. The predicted molar refractivity (Wildman–Crippen MR) is 52.4 cm³/mol. The second kappa shape index (κ2) is 3.53. The number of hydrogen-bond donors (Lipinski definition) is 1. The van der Waals surface area contributed by atoms with Gasteiger partial charge in [-0.2, -0.15) is 0 Å². The van der Waals surface area contributed by atoms with Crippen LogP contribution in [0.1, 0.15) is 10.4 Å². The zero-order valence-electron chi connectivity index (χ0n) is 7.98. The van der Waals surface area contributed by atoms with Crippen LogP contribution in [-0.4, -0.2) is 28.8 Å². The molecule has 0 atom stereocenters. The topological polar surface area (TPSA) is 72.1 Å². The van der Waals surface area contributed by atoms with E-state index in [1.165, 1.54) is 19.5 Å². The van der Waals surface area contributed by atoms with Crippen LogP contribution in [0.2, 0.25) is 0 Å². The number of nitrogens with zero attached hydrogens (tertiary/aromatic N) is 1. The summed E-state index contributed by atoms with van der Waals surface area (Å²) in [5, 5.41) is 0.618. The van der Waals surface area contributed by atoms with Gasteiger partial charge >= 0.3 is 5.97 Å². The normalized spacial score (nSPS) is 10.2. The highest BCUT2D eigenvalue weighted by atomic mass is 16.5. The lowest BCUT2D eigenvalue weighted by molar-refractivity contribution is -0.135. The van der Waals surface area contributed by atoms with Gasteiger partial charge in [-0.1, -0.05) is 0 Å². The monoisotopic (exact) mass is 204 g/mol. The third kappa shape index (κ3) is 1.48. The first-order valence-corrected chi connectivity index (χ1v) is 4.28. The number of carbonyl (C=O) groups is 2. The zero-order valence-corrected chi connectivity index (χ0v) is 7.98. The molecular formula is C10H8N2O3. The number of hydrogen-bond acceptors (Lipinski definition) is 4. The van der Waals surface area contributed by atoms with E-state index >= 15 is 0 Å². The molecule has 0 aliphatic rings. The molecule has 2 rings (SSSR count). The van der Waals surface area contributed by atoms with Crippen molar-refractivity contribution in [1.29, 1.82) is 0 Å². The van der Waals surface area contributed by atoms with Crippen LogP contribution in [0.5, 0.6) is 0 Å². The summed E-state index contributed by atoms with van der Waals surface area (Å²) in [5.41, 5.74) is 1.04. The van der Waals surface area contributed by atoms with Crippen molar-refractivity contribution in [2.24, 2.45) is 0 Å². The number of methoxy groups -OCH3 is 1. The molecule has 0 bridgehead atoms. The molecule has 0 amide bonds. The first-order valence-electron chi connectivity index (χ1n) is 4.28. The Morgan fingerprint density at radius 1 is 1.47 bits per heavy atom. The molecule has 5 nitrogen and oxygen atoms in total. The maximum atomic E-state index is 11.5. The predicted octanol–water partition coefficient (Wildman–Crippen LogP) is 0.919. The van der Waals surface area contributed by atoms with Crippen LogP contribution in [0.25, 0.3) is 10.9 Å². The third-order valence-electron chi connectivity index (χ3n) is 2.10. The van der Waals surface area contributed by atoms with E-state index in [9.17, 15) is 9.59 Å². The molecule has 0 spiro atoms. The Morgan fingerprint density at radius 3 is 3.00 bits per heavy atom. The van der Waals surface area contributed by atoms with Gasteiger partial charge in [0.1, 0.15) is 0 Å². The molecule has 0 saturated heterocycles. The van der Waals surface area contributed by atoms with E-state index in [2.05, 4.69) is 14.7 Å². The summed E-state index contributed by atoms with van der Waals surface area (Å²) in [7, 11) is 1.17. The van der Waals surface area contributed by atoms with Gasteiger partial charge in [-0.25, -0.2) is 4.79 Å². The molecule has 1 N–H and O–H groups in total. The average Bonchev–Trinajstić information content (AvgIpc) is 2.70. The Labute approximate surface area is 85.1 Å². The van der Waals surface area contributed by atoms with Crippen molar-refractivity contribution < 1.29 is 14.3 Å². The number of fused-ring (bicyclic) bond motifs is 1. The molecular weight excluding hydrogens is 196 g/mol. The van der Waals surface area contributed by atoms with Gasteiger partial charge in [0.25, 0.3) is 5.78 Å². The molecule has 0 radical (unpaired) electrons. The summed E-state index contributed by atoms with van der Waals surface area (Å²) in [4.78, 5) is 29.3. The second-order valence-electron chi connectivity index (χ2n) is 2.94. The first-order chi connectivity index (χ1) is 7.24. The number of Topliss-reactive ketones (excluding diaryl/α,β-unsaturated/α-hetero) is 1. The zero-order chi connectivity index (χ0) is 10.8. The number of nitrogens with one attached hydrogen (secondary N) is 1. The van der Waals surface area contributed by atoms with E-state index in [1.54, 1.807) is 12.3 Å². The third-order valence-corrected chi connectivity index (χ3v) is 2.10. The lowest BCUT2D eigenvalue weighted by Crippen LogP contribution is -2.15. The van der Waals surface area contributed by atoms with E-state index in [-0.39, 0.29) is 5.56 Å². The molecule has 2 aromatic rings. The fourth-order valence-corrected chi connectivity index (χ4v) is 1.35. The Morgan fingerprint density at radius 2 is 2.27 bits per heavy atom. The largest absolute Gasteiger partial charge is 0.463 e. The van der Waals surface area contributed by atoms with Gasteiger partial charge in [0.15, 0.2) is 0 Å². The van der Waals surface area contributed by atoms with Gasteiger partial charge in [0, 0.05) is 29.5 Å². The van der Waals surface area contributed by atoms with Crippen LogP contribution < -0.4 is 0 Å². The van der Waals surface area contributed by atoms with E-state index in [0.717, 1.165) is 5.52 Å². The summed E-state index contributed by atoms with van der Waals surface area (Å²) >= 11 is 0. The summed E-state index contributed by atoms with van der Waals surface area (Å²) < 4.78 is 4.36. The van der Waals surface area contributed by atoms with Crippen LogP contribution in [0, 0.1) is 0 Å². The maximum absolute atomic E-state index is 11.5. The number of ketones is 1. The molecule has 76 valence electrons. The van der Waals surface area contributed by atoms with Crippen molar-refractivity contribution in [1.82, 2.24) is 9.97 Å².